The van der Waals surface area contributed by atoms with Crippen LogP contribution in [-0.2, 0) is 4.79 Å². The standard InChI is InChI=1S/C13H17BrN2O3/c1-7(2)11(12(17)18)16-13(19)15-10-5-4-9(14)6-8(10)3/h4-7,11H,1-3H3,(H,17,18)(H2,15,16,19)/t11-/m1/s1. The molecule has 104 valence electrons. The Balaban J connectivity index is 2.72. The first kappa shape index (κ1) is 15.5. The average molecular weight is 329 g/mol. The number of benzene rings is 1. The van der Waals surface area contributed by atoms with Crippen LogP contribution in [0, 0.1) is 12.8 Å². The first-order chi connectivity index (χ1) is 8.81. The Kier molecular flexibility index (Phi) is 5.35. The monoisotopic (exact) mass is 328 g/mol. The topological polar surface area (TPSA) is 78.4 Å². The van der Waals surface area contributed by atoms with Gasteiger partial charge in [-0.3, -0.25) is 0 Å². The third-order valence-corrected chi connectivity index (χ3v) is 3.15. The number of carbonyl (C=O) groups is 2. The van der Waals surface area contributed by atoms with Crippen LogP contribution in [0.15, 0.2) is 22.7 Å². The predicted octanol–water partition coefficient (Wildman–Crippen LogP) is 2.99. The summed E-state index contributed by atoms with van der Waals surface area (Å²) in [6, 6.07) is 4.00. The van der Waals surface area contributed by atoms with Crippen molar-refractivity contribution in [3.63, 3.8) is 0 Å². The lowest BCUT2D eigenvalue weighted by Crippen LogP contribution is -2.46. The van der Waals surface area contributed by atoms with Gasteiger partial charge in [-0.05, 0) is 36.6 Å². The SMILES string of the molecule is Cc1cc(Br)ccc1NC(=O)N[C@@H](C(=O)O)C(C)C. The normalized spacial score (nSPS) is 12.1. The number of anilines is 1. The number of hydrogen-bond donors (Lipinski definition) is 3. The number of nitrogens with one attached hydrogen (secondary N) is 2. The fourth-order valence-electron chi connectivity index (χ4n) is 1.58. The Morgan fingerprint density at radius 1 is 1.32 bits per heavy atom. The van der Waals surface area contributed by atoms with Gasteiger partial charge in [-0.2, -0.15) is 0 Å². The molecule has 0 unspecified atom stereocenters. The Morgan fingerprint density at radius 3 is 2.42 bits per heavy atom. The summed E-state index contributed by atoms with van der Waals surface area (Å²) in [6.07, 6.45) is 0. The van der Waals surface area contributed by atoms with E-state index in [1.165, 1.54) is 0 Å². The van der Waals surface area contributed by atoms with Crippen LogP contribution >= 0.6 is 15.9 Å². The molecule has 0 spiro atoms. The maximum atomic E-state index is 11.8. The predicted molar refractivity (Wildman–Crippen MR) is 77.3 cm³/mol. The summed E-state index contributed by atoms with van der Waals surface area (Å²) in [5.41, 5.74) is 1.54. The van der Waals surface area contributed by atoms with Gasteiger partial charge < -0.3 is 15.7 Å². The molecular weight excluding hydrogens is 312 g/mol. The Hall–Kier alpha value is -1.56. The number of aryl methyl sites for hydroxylation is 1. The zero-order valence-electron chi connectivity index (χ0n) is 11.0. The van der Waals surface area contributed by atoms with E-state index in [1.54, 1.807) is 26.0 Å². The van der Waals surface area contributed by atoms with Gasteiger partial charge in [0.05, 0.1) is 0 Å². The van der Waals surface area contributed by atoms with E-state index >= 15 is 0 Å². The van der Waals surface area contributed by atoms with Gasteiger partial charge >= 0.3 is 12.0 Å². The minimum atomic E-state index is -1.04. The van der Waals surface area contributed by atoms with Gasteiger partial charge in [0.25, 0.3) is 0 Å². The lowest BCUT2D eigenvalue weighted by Gasteiger charge is -2.18. The second-order valence-corrected chi connectivity index (χ2v) is 5.53. The molecule has 0 fully saturated rings. The molecule has 19 heavy (non-hydrogen) atoms. The quantitative estimate of drug-likeness (QED) is 0.795. The fraction of sp³-hybridized carbons (Fsp3) is 0.385. The van der Waals surface area contributed by atoms with Crippen LogP contribution in [0.1, 0.15) is 19.4 Å². The van der Waals surface area contributed by atoms with Crippen molar-refractivity contribution in [1.29, 1.82) is 0 Å². The molecule has 2 amide bonds. The lowest BCUT2D eigenvalue weighted by atomic mass is 10.1. The molecule has 0 bridgehead atoms. The van der Waals surface area contributed by atoms with Gasteiger partial charge in [0.15, 0.2) is 0 Å². The summed E-state index contributed by atoms with van der Waals surface area (Å²) in [5.74, 6) is -1.23. The number of amides is 2. The number of carboxylic acid groups (broad SMARTS) is 1. The van der Waals surface area contributed by atoms with Crippen molar-refractivity contribution in [3.8, 4) is 0 Å². The van der Waals surface area contributed by atoms with Crippen molar-refractivity contribution >= 4 is 33.6 Å². The van der Waals surface area contributed by atoms with E-state index in [4.69, 9.17) is 5.11 Å². The summed E-state index contributed by atoms with van der Waals surface area (Å²) in [6.45, 7) is 5.34. The number of carbonyl (C=O) groups excluding carboxylic acids is 1. The zero-order chi connectivity index (χ0) is 14.6. The lowest BCUT2D eigenvalue weighted by molar-refractivity contribution is -0.140. The van der Waals surface area contributed by atoms with E-state index in [-0.39, 0.29) is 5.92 Å². The molecule has 1 aromatic carbocycles. The molecular formula is C13H17BrN2O3. The zero-order valence-corrected chi connectivity index (χ0v) is 12.6. The first-order valence-electron chi connectivity index (χ1n) is 5.87. The highest BCUT2D eigenvalue weighted by Crippen LogP contribution is 2.19. The molecule has 0 heterocycles. The summed E-state index contributed by atoms with van der Waals surface area (Å²) in [4.78, 5) is 22.8. The van der Waals surface area contributed by atoms with Crippen LogP contribution in [-0.4, -0.2) is 23.1 Å². The van der Waals surface area contributed by atoms with Crippen LogP contribution in [0.4, 0.5) is 10.5 Å². The maximum Gasteiger partial charge on any atom is 0.326 e. The number of halogens is 1. The maximum absolute atomic E-state index is 11.8. The van der Waals surface area contributed by atoms with Crippen molar-refractivity contribution in [2.24, 2.45) is 5.92 Å². The van der Waals surface area contributed by atoms with E-state index in [0.717, 1.165) is 10.0 Å². The third kappa shape index (κ3) is 4.55. The van der Waals surface area contributed by atoms with Crippen molar-refractivity contribution in [1.82, 2.24) is 5.32 Å². The molecule has 5 nitrogen and oxygen atoms in total. The molecule has 0 saturated heterocycles. The highest BCUT2D eigenvalue weighted by atomic mass is 79.9. The molecule has 1 atom stereocenters. The van der Waals surface area contributed by atoms with Crippen LogP contribution < -0.4 is 10.6 Å². The molecule has 0 aliphatic carbocycles. The molecule has 0 aliphatic rings. The number of hydrogen-bond acceptors (Lipinski definition) is 2. The first-order valence-corrected chi connectivity index (χ1v) is 6.67. The summed E-state index contributed by atoms with van der Waals surface area (Å²) >= 11 is 3.33. The van der Waals surface area contributed by atoms with E-state index in [2.05, 4.69) is 26.6 Å². The van der Waals surface area contributed by atoms with Gasteiger partial charge in [-0.15, -0.1) is 0 Å². The number of aliphatic carboxylic acids is 1. The second-order valence-electron chi connectivity index (χ2n) is 4.62. The van der Waals surface area contributed by atoms with Gasteiger partial charge in [0.1, 0.15) is 6.04 Å². The minimum absolute atomic E-state index is 0.186. The van der Waals surface area contributed by atoms with E-state index < -0.39 is 18.0 Å². The Labute approximate surface area is 120 Å². The average Bonchev–Trinajstić information content (AvgIpc) is 2.29. The minimum Gasteiger partial charge on any atom is -0.480 e. The highest BCUT2D eigenvalue weighted by molar-refractivity contribution is 9.10. The largest absolute Gasteiger partial charge is 0.480 e. The third-order valence-electron chi connectivity index (χ3n) is 2.66. The van der Waals surface area contributed by atoms with Crippen molar-refractivity contribution < 1.29 is 14.7 Å². The summed E-state index contributed by atoms with van der Waals surface area (Å²) < 4.78 is 0.918. The van der Waals surface area contributed by atoms with E-state index in [9.17, 15) is 9.59 Å². The number of urea groups is 1. The van der Waals surface area contributed by atoms with Crippen LogP contribution in [0.25, 0.3) is 0 Å². The van der Waals surface area contributed by atoms with Gasteiger partial charge in [-0.25, -0.2) is 9.59 Å². The molecule has 0 radical (unpaired) electrons. The smallest absolute Gasteiger partial charge is 0.326 e. The van der Waals surface area contributed by atoms with Crippen LogP contribution in [0.3, 0.4) is 0 Å². The van der Waals surface area contributed by atoms with Gasteiger partial charge in [-0.1, -0.05) is 29.8 Å². The summed E-state index contributed by atoms with van der Waals surface area (Å²) in [5, 5.41) is 14.1. The molecule has 1 rings (SSSR count). The van der Waals surface area contributed by atoms with Crippen LogP contribution in [0.5, 0.6) is 0 Å². The molecule has 1 aromatic rings. The van der Waals surface area contributed by atoms with Crippen LogP contribution in [0.2, 0.25) is 0 Å². The highest BCUT2D eigenvalue weighted by Gasteiger charge is 2.23. The van der Waals surface area contributed by atoms with Crippen molar-refractivity contribution in [3.05, 3.63) is 28.2 Å². The van der Waals surface area contributed by atoms with Crippen molar-refractivity contribution in [2.75, 3.05) is 5.32 Å². The number of carboxylic acids is 1. The molecule has 0 aromatic heterocycles. The molecule has 3 N–H and O–H groups in total. The molecule has 0 saturated carbocycles. The number of rotatable bonds is 4. The van der Waals surface area contributed by atoms with Crippen molar-refractivity contribution in [2.45, 2.75) is 26.8 Å². The van der Waals surface area contributed by atoms with E-state index in [1.807, 2.05) is 13.0 Å². The summed E-state index contributed by atoms with van der Waals surface area (Å²) in [7, 11) is 0. The Bertz CT molecular complexity index is 489. The Morgan fingerprint density at radius 2 is 1.95 bits per heavy atom. The van der Waals surface area contributed by atoms with E-state index in [0.29, 0.717) is 5.69 Å². The fourth-order valence-corrected chi connectivity index (χ4v) is 2.06. The van der Waals surface area contributed by atoms with Gasteiger partial charge in [0, 0.05) is 10.2 Å². The van der Waals surface area contributed by atoms with Gasteiger partial charge in [0.2, 0.25) is 0 Å². The second kappa shape index (κ2) is 6.56. The molecule has 6 heteroatoms. The molecule has 0 aliphatic heterocycles.